The van der Waals surface area contributed by atoms with Crippen LogP contribution in [-0.4, -0.2) is 67.5 Å². The summed E-state index contributed by atoms with van der Waals surface area (Å²) in [6.45, 7) is 0.128. The van der Waals surface area contributed by atoms with Gasteiger partial charge in [-0.05, 0) is 16.8 Å². The number of hydrogen-bond donors (Lipinski definition) is 5. The maximum absolute atomic E-state index is 11.8. The first kappa shape index (κ1) is 18.8. The average molecular weight is 344 g/mol. The zero-order chi connectivity index (χ0) is 17.9. The van der Waals surface area contributed by atoms with E-state index in [1.54, 1.807) is 0 Å². The van der Waals surface area contributed by atoms with E-state index in [4.69, 9.17) is 10.2 Å². The van der Waals surface area contributed by atoms with E-state index in [0.29, 0.717) is 5.82 Å². The molecule has 5 N–H and O–H groups in total. The van der Waals surface area contributed by atoms with Crippen LogP contribution in [-0.2, 0) is 25.5 Å². The molecule has 132 valence electrons. The Hall–Kier alpha value is -3.25. The number of carboxylic acids is 2. The molecule has 0 saturated heterocycles. The van der Waals surface area contributed by atoms with Crippen LogP contribution >= 0.6 is 0 Å². The summed E-state index contributed by atoms with van der Waals surface area (Å²) in [6.07, 6.45) is -1.37. The van der Waals surface area contributed by atoms with Gasteiger partial charge >= 0.3 is 18.0 Å². The summed E-state index contributed by atoms with van der Waals surface area (Å²) < 4.78 is 4.67. The van der Waals surface area contributed by atoms with E-state index in [2.05, 4.69) is 36.0 Å². The van der Waals surface area contributed by atoms with E-state index < -0.39 is 36.7 Å². The lowest BCUT2D eigenvalue weighted by Gasteiger charge is -2.19. The van der Waals surface area contributed by atoms with Crippen LogP contribution in [0.3, 0.4) is 0 Å². The fourth-order valence-corrected chi connectivity index (χ4v) is 1.67. The van der Waals surface area contributed by atoms with Crippen molar-refractivity contribution in [1.82, 2.24) is 31.3 Å². The Bertz CT molecular complexity index is 563. The number of rotatable bonds is 11. The van der Waals surface area contributed by atoms with Crippen molar-refractivity contribution in [3.05, 3.63) is 5.82 Å². The van der Waals surface area contributed by atoms with Gasteiger partial charge in [-0.1, -0.05) is 0 Å². The van der Waals surface area contributed by atoms with E-state index in [1.165, 1.54) is 0 Å². The highest BCUT2D eigenvalue weighted by atomic mass is 16.5. The number of aryl methyl sites for hydroxylation is 1. The van der Waals surface area contributed by atoms with Crippen molar-refractivity contribution in [2.75, 3.05) is 0 Å². The number of H-pyrrole nitrogens is 1. The summed E-state index contributed by atoms with van der Waals surface area (Å²) in [7, 11) is 0. The van der Waals surface area contributed by atoms with Crippen LogP contribution < -0.4 is 10.6 Å². The monoisotopic (exact) mass is 344 g/mol. The van der Waals surface area contributed by atoms with Crippen molar-refractivity contribution in [2.24, 2.45) is 0 Å². The second-order valence-electron chi connectivity index (χ2n) is 4.55. The minimum absolute atomic E-state index is 0.128. The number of nitrogens with one attached hydrogen (secondary N) is 3. The van der Waals surface area contributed by atoms with Gasteiger partial charge in [0.25, 0.3) is 6.47 Å². The molecule has 13 heteroatoms. The molecule has 13 nitrogen and oxygen atoms in total. The molecule has 1 aromatic rings. The fraction of sp³-hybridized carbons (Fsp3) is 0.545. The van der Waals surface area contributed by atoms with Crippen molar-refractivity contribution in [2.45, 2.75) is 38.0 Å². The van der Waals surface area contributed by atoms with Gasteiger partial charge in [0.05, 0.1) is 0 Å². The quantitative estimate of drug-likeness (QED) is 0.226. The molecule has 0 spiro atoms. The number of aliphatic carboxylic acids is 2. The molecule has 2 atom stereocenters. The van der Waals surface area contributed by atoms with Gasteiger partial charge in [0.1, 0.15) is 11.9 Å². The number of carbonyl (C=O) groups is 4. The number of carbonyl (C=O) groups excluding carboxylic acids is 2. The minimum atomic E-state index is -1.39. The van der Waals surface area contributed by atoms with E-state index >= 15 is 0 Å². The van der Waals surface area contributed by atoms with Crippen molar-refractivity contribution in [3.8, 4) is 0 Å². The predicted octanol–water partition coefficient (Wildman–Crippen LogP) is -1.75. The zero-order valence-corrected chi connectivity index (χ0v) is 12.3. The Labute approximate surface area is 134 Å². The molecule has 0 fully saturated rings. The normalized spacial score (nSPS) is 12.7. The van der Waals surface area contributed by atoms with Gasteiger partial charge in [0.15, 0.2) is 6.23 Å². The average Bonchev–Trinajstić information content (AvgIpc) is 3.02. The lowest BCUT2D eigenvalue weighted by atomic mass is 10.1. The number of aromatic nitrogens is 4. The number of urea groups is 1. The summed E-state index contributed by atoms with van der Waals surface area (Å²) in [5, 5.41) is 34.7. The lowest BCUT2D eigenvalue weighted by molar-refractivity contribution is -0.141. The maximum atomic E-state index is 11.8. The Kier molecular flexibility index (Phi) is 7.60. The molecule has 1 heterocycles. The second kappa shape index (κ2) is 9.70. The molecule has 2 amide bonds. The number of hydrogen-bond acceptors (Lipinski definition) is 8. The smallest absolute Gasteiger partial charge is 0.326 e. The summed E-state index contributed by atoms with van der Waals surface area (Å²) in [6, 6.07) is -2.31. The molecular weight excluding hydrogens is 328 g/mol. The summed E-state index contributed by atoms with van der Waals surface area (Å²) in [4.78, 5) is 43.7. The third-order valence-corrected chi connectivity index (χ3v) is 2.79. The molecule has 0 aliphatic carbocycles. The Morgan fingerprint density at radius 3 is 2.54 bits per heavy atom. The number of aromatic amines is 1. The number of tetrazole rings is 1. The van der Waals surface area contributed by atoms with Crippen molar-refractivity contribution in [3.63, 3.8) is 0 Å². The van der Waals surface area contributed by atoms with Gasteiger partial charge in [-0.2, -0.15) is 0 Å². The van der Waals surface area contributed by atoms with Gasteiger partial charge in [0, 0.05) is 19.3 Å². The number of ether oxygens (including phenoxy) is 1. The topological polar surface area (TPSA) is 196 Å². The summed E-state index contributed by atoms with van der Waals surface area (Å²) >= 11 is 0. The summed E-state index contributed by atoms with van der Waals surface area (Å²) in [5.74, 6) is -2.17. The van der Waals surface area contributed by atoms with Crippen LogP contribution in [0.2, 0.25) is 0 Å². The van der Waals surface area contributed by atoms with E-state index in [-0.39, 0.29) is 25.7 Å². The molecule has 0 unspecified atom stereocenters. The molecule has 1 aromatic heterocycles. The molecule has 0 bridgehead atoms. The number of amides is 2. The summed E-state index contributed by atoms with van der Waals surface area (Å²) in [5.41, 5.74) is 0. The second-order valence-corrected chi connectivity index (χ2v) is 4.55. The van der Waals surface area contributed by atoms with Gasteiger partial charge in [0.2, 0.25) is 0 Å². The molecule has 0 aliphatic rings. The largest absolute Gasteiger partial charge is 0.481 e. The third-order valence-electron chi connectivity index (χ3n) is 2.79. The van der Waals surface area contributed by atoms with Crippen LogP contribution in [0.1, 0.15) is 25.1 Å². The van der Waals surface area contributed by atoms with Crippen molar-refractivity contribution < 1.29 is 34.1 Å². The van der Waals surface area contributed by atoms with Gasteiger partial charge in [-0.15, -0.1) is 5.10 Å². The van der Waals surface area contributed by atoms with Crippen molar-refractivity contribution >= 4 is 24.4 Å². The molecule has 0 saturated carbocycles. The Balaban J connectivity index is 2.51. The standard InChI is InChI=1S/C11H16N6O7/c18-5-24-8(3-2-7-14-16-17-15-7)13-11(23)12-6(10(21)22)1-4-9(19)20/h5-6,8H,1-4H2,(H,19,20)(H,21,22)(H2,12,13,23)(H,14,15,16,17)/t6-,8+/m0/s1. The first-order chi connectivity index (χ1) is 11.4. The zero-order valence-electron chi connectivity index (χ0n) is 12.3. The van der Waals surface area contributed by atoms with Gasteiger partial charge in [-0.25, -0.2) is 14.7 Å². The SMILES string of the molecule is O=CO[C@H](CCc1nnn[nH]1)NC(=O)N[C@@H](CCC(=O)O)C(=O)O. The molecule has 0 radical (unpaired) electrons. The highest BCUT2D eigenvalue weighted by Gasteiger charge is 2.22. The van der Waals surface area contributed by atoms with Crippen LogP contribution in [0.5, 0.6) is 0 Å². The van der Waals surface area contributed by atoms with Crippen LogP contribution in [0.15, 0.2) is 0 Å². The van der Waals surface area contributed by atoms with Crippen molar-refractivity contribution in [1.29, 1.82) is 0 Å². The lowest BCUT2D eigenvalue weighted by Crippen LogP contribution is -2.49. The van der Waals surface area contributed by atoms with E-state index in [9.17, 15) is 19.2 Å². The van der Waals surface area contributed by atoms with Crippen LogP contribution in [0, 0.1) is 0 Å². The highest BCUT2D eigenvalue weighted by Crippen LogP contribution is 2.01. The third kappa shape index (κ3) is 7.15. The van der Waals surface area contributed by atoms with Crippen LogP contribution in [0.4, 0.5) is 4.79 Å². The predicted molar refractivity (Wildman–Crippen MR) is 73.4 cm³/mol. The minimum Gasteiger partial charge on any atom is -0.481 e. The van der Waals surface area contributed by atoms with Gasteiger partial charge < -0.3 is 25.6 Å². The van der Waals surface area contributed by atoms with Crippen LogP contribution in [0.25, 0.3) is 0 Å². The Morgan fingerprint density at radius 1 is 1.25 bits per heavy atom. The highest BCUT2D eigenvalue weighted by molar-refractivity contribution is 5.83. The Morgan fingerprint density at radius 2 is 2.00 bits per heavy atom. The molecule has 0 aromatic carbocycles. The number of carboxylic acid groups (broad SMARTS) is 2. The molecule has 0 aliphatic heterocycles. The first-order valence-corrected chi connectivity index (χ1v) is 6.75. The van der Waals surface area contributed by atoms with E-state index in [0.717, 1.165) is 0 Å². The molecular formula is C11H16N6O7. The molecule has 24 heavy (non-hydrogen) atoms. The fourth-order valence-electron chi connectivity index (χ4n) is 1.67. The van der Waals surface area contributed by atoms with Gasteiger partial charge in [-0.3, -0.25) is 9.59 Å². The first-order valence-electron chi connectivity index (χ1n) is 6.75. The molecule has 1 rings (SSSR count). The van der Waals surface area contributed by atoms with E-state index in [1.807, 2.05) is 0 Å². The number of nitrogens with zero attached hydrogens (tertiary/aromatic N) is 3. The maximum Gasteiger partial charge on any atom is 0.326 e.